The molecule has 1 aliphatic heterocycles. The maximum absolute atomic E-state index is 6.03. The normalized spacial score (nSPS) is 18.0. The Hall–Kier alpha value is -1.75. The van der Waals surface area contributed by atoms with Gasteiger partial charge in [-0.1, -0.05) is 39.0 Å². The van der Waals surface area contributed by atoms with Gasteiger partial charge in [0.2, 0.25) is 0 Å². The van der Waals surface area contributed by atoms with Gasteiger partial charge in [-0.05, 0) is 30.4 Å². The van der Waals surface area contributed by atoms with Crippen molar-refractivity contribution in [2.45, 2.75) is 39.5 Å². The van der Waals surface area contributed by atoms with Gasteiger partial charge < -0.3 is 19.7 Å². The number of guanidine groups is 1. The quantitative estimate of drug-likeness (QED) is 0.460. The molecule has 0 amide bonds. The van der Waals surface area contributed by atoms with Crippen LogP contribution in [0.4, 0.5) is 0 Å². The lowest BCUT2D eigenvalue weighted by Crippen LogP contribution is -2.41. The number of aliphatic imine (C=N–C) groups is 1. The number of benzene rings is 1. The summed E-state index contributed by atoms with van der Waals surface area (Å²) in [7, 11) is 2.09. The molecule has 1 N–H and O–H groups in total. The van der Waals surface area contributed by atoms with Gasteiger partial charge in [0, 0.05) is 32.7 Å². The number of para-hydroxylation sites is 1. The Kier molecular flexibility index (Phi) is 7.76. The van der Waals surface area contributed by atoms with Gasteiger partial charge in [0.25, 0.3) is 0 Å². The third kappa shape index (κ3) is 6.20. The molecule has 146 valence electrons. The number of hydrogen-bond acceptors (Lipinski definition) is 3. The fourth-order valence-corrected chi connectivity index (χ4v) is 3.19. The van der Waals surface area contributed by atoms with Gasteiger partial charge in [-0.2, -0.15) is 0 Å². The largest absolute Gasteiger partial charge is 0.491 e. The number of nitrogens with zero attached hydrogens (tertiary/aromatic N) is 2. The van der Waals surface area contributed by atoms with Crippen LogP contribution in [0, 0.1) is 5.92 Å². The van der Waals surface area contributed by atoms with E-state index < -0.39 is 0 Å². The van der Waals surface area contributed by atoms with Crippen LogP contribution in [0.5, 0.6) is 5.75 Å². The van der Waals surface area contributed by atoms with Crippen LogP contribution >= 0.6 is 0 Å². The zero-order chi connectivity index (χ0) is 19.0. The minimum atomic E-state index is 0.0678. The first kappa shape index (κ1) is 20.6. The van der Waals surface area contributed by atoms with Gasteiger partial charge in [-0.15, -0.1) is 0 Å². The summed E-state index contributed by atoms with van der Waals surface area (Å²) in [4.78, 5) is 6.93. The predicted octanol–water partition coefficient (Wildman–Crippen LogP) is 3.30. The Bertz CT molecular complexity index is 575. The molecule has 1 aromatic rings. The lowest BCUT2D eigenvalue weighted by atomic mass is 9.86. The summed E-state index contributed by atoms with van der Waals surface area (Å²) in [5.41, 5.74) is 1.30. The third-order valence-electron chi connectivity index (χ3n) is 4.56. The first-order chi connectivity index (χ1) is 12.4. The molecule has 0 bridgehead atoms. The molecule has 0 saturated carbocycles. The van der Waals surface area contributed by atoms with E-state index in [4.69, 9.17) is 14.5 Å². The third-order valence-corrected chi connectivity index (χ3v) is 4.56. The molecule has 5 nitrogen and oxygen atoms in total. The average Bonchev–Trinajstić information content (AvgIpc) is 3.10. The molecule has 2 rings (SSSR count). The lowest BCUT2D eigenvalue weighted by Gasteiger charge is -2.25. The maximum atomic E-state index is 6.03. The highest BCUT2D eigenvalue weighted by molar-refractivity contribution is 5.79. The van der Waals surface area contributed by atoms with Crippen LogP contribution in [-0.4, -0.2) is 57.4 Å². The van der Waals surface area contributed by atoms with Crippen LogP contribution in [0.1, 0.15) is 39.7 Å². The van der Waals surface area contributed by atoms with Crippen LogP contribution in [0.25, 0.3) is 0 Å². The molecule has 1 saturated heterocycles. The van der Waals surface area contributed by atoms with Gasteiger partial charge in [0.15, 0.2) is 5.96 Å². The molecule has 1 atom stereocenters. The molecule has 0 aliphatic carbocycles. The Balaban J connectivity index is 1.90. The molecule has 5 heteroatoms. The van der Waals surface area contributed by atoms with Crippen LogP contribution in [0.15, 0.2) is 29.3 Å². The monoisotopic (exact) mass is 361 g/mol. The Morgan fingerprint density at radius 3 is 2.77 bits per heavy atom. The second-order valence-corrected chi connectivity index (χ2v) is 7.94. The van der Waals surface area contributed by atoms with Crippen molar-refractivity contribution in [3.63, 3.8) is 0 Å². The molecule has 0 radical (unpaired) electrons. The highest BCUT2D eigenvalue weighted by atomic mass is 16.5. The maximum Gasteiger partial charge on any atom is 0.193 e. The summed E-state index contributed by atoms with van der Waals surface area (Å²) in [5.74, 6) is 2.49. The molecule has 1 aromatic carbocycles. The van der Waals surface area contributed by atoms with E-state index in [2.05, 4.69) is 57.1 Å². The Labute approximate surface area is 158 Å². The topological polar surface area (TPSA) is 46.1 Å². The van der Waals surface area contributed by atoms with Crippen LogP contribution < -0.4 is 10.1 Å². The molecule has 26 heavy (non-hydrogen) atoms. The number of nitrogens with one attached hydrogen (secondary N) is 1. The molecule has 1 fully saturated rings. The van der Waals surface area contributed by atoms with E-state index in [-0.39, 0.29) is 5.41 Å². The van der Waals surface area contributed by atoms with Gasteiger partial charge in [-0.3, -0.25) is 0 Å². The zero-order valence-electron chi connectivity index (χ0n) is 17.0. The van der Waals surface area contributed by atoms with Crippen molar-refractivity contribution in [2.75, 3.05) is 46.5 Å². The minimum Gasteiger partial charge on any atom is -0.491 e. The highest BCUT2D eigenvalue weighted by Gasteiger charge is 2.19. The summed E-state index contributed by atoms with van der Waals surface area (Å²) >= 11 is 0. The van der Waals surface area contributed by atoms with Crippen molar-refractivity contribution < 1.29 is 9.47 Å². The Morgan fingerprint density at radius 2 is 2.12 bits per heavy atom. The highest BCUT2D eigenvalue weighted by Crippen LogP contribution is 2.30. The summed E-state index contributed by atoms with van der Waals surface area (Å²) < 4.78 is 11.5. The first-order valence-electron chi connectivity index (χ1n) is 9.71. The van der Waals surface area contributed by atoms with Crippen LogP contribution in [0.3, 0.4) is 0 Å². The van der Waals surface area contributed by atoms with E-state index in [0.29, 0.717) is 19.1 Å². The fraction of sp³-hybridized carbons (Fsp3) is 0.667. The van der Waals surface area contributed by atoms with Crippen molar-refractivity contribution in [3.8, 4) is 5.75 Å². The predicted molar refractivity (Wildman–Crippen MR) is 108 cm³/mol. The first-order valence-corrected chi connectivity index (χ1v) is 9.71. The van der Waals surface area contributed by atoms with Gasteiger partial charge in [-0.25, -0.2) is 4.99 Å². The average molecular weight is 362 g/mol. The van der Waals surface area contributed by atoms with Crippen molar-refractivity contribution in [1.29, 1.82) is 0 Å². The molecule has 0 spiro atoms. The number of hydrogen-bond donors (Lipinski definition) is 1. The van der Waals surface area contributed by atoms with Crippen molar-refractivity contribution in [2.24, 2.45) is 10.9 Å². The molecular weight excluding hydrogens is 326 g/mol. The summed E-state index contributed by atoms with van der Waals surface area (Å²) in [5, 5.41) is 3.37. The van der Waals surface area contributed by atoms with Crippen molar-refractivity contribution in [1.82, 2.24) is 10.2 Å². The summed E-state index contributed by atoms with van der Waals surface area (Å²) in [6.45, 7) is 13.5. The van der Waals surface area contributed by atoms with Crippen molar-refractivity contribution >= 4 is 5.96 Å². The number of rotatable bonds is 7. The molecule has 1 heterocycles. The van der Waals surface area contributed by atoms with E-state index in [0.717, 1.165) is 44.4 Å². The van der Waals surface area contributed by atoms with E-state index in [1.165, 1.54) is 5.56 Å². The smallest absolute Gasteiger partial charge is 0.193 e. The summed E-state index contributed by atoms with van der Waals surface area (Å²) in [6.07, 6.45) is 1.14. The molecule has 0 aromatic heterocycles. The lowest BCUT2D eigenvalue weighted by molar-refractivity contribution is 0.181. The molecule has 1 unspecified atom stereocenters. The van der Waals surface area contributed by atoms with E-state index in [1.807, 2.05) is 12.1 Å². The van der Waals surface area contributed by atoms with Crippen molar-refractivity contribution in [3.05, 3.63) is 29.8 Å². The van der Waals surface area contributed by atoms with E-state index in [1.54, 1.807) is 0 Å². The van der Waals surface area contributed by atoms with E-state index >= 15 is 0 Å². The zero-order valence-corrected chi connectivity index (χ0v) is 17.0. The van der Waals surface area contributed by atoms with Crippen LogP contribution in [0.2, 0.25) is 0 Å². The minimum absolute atomic E-state index is 0.0678. The molecule has 1 aliphatic rings. The van der Waals surface area contributed by atoms with Gasteiger partial charge in [0.1, 0.15) is 12.4 Å². The SMILES string of the molecule is CCNC(=NCCOc1ccccc1C(C)(C)C)N(C)CC1CCOC1. The molecular formula is C21H35N3O2. The Morgan fingerprint density at radius 1 is 1.35 bits per heavy atom. The number of ether oxygens (including phenoxy) is 2. The standard InChI is InChI=1S/C21H35N3O2/c1-6-22-20(24(5)15-17-11-13-25-16-17)23-12-14-26-19-10-8-7-9-18(19)21(2,3)4/h7-10,17H,6,11-16H2,1-5H3,(H,22,23). The summed E-state index contributed by atoms with van der Waals surface area (Å²) in [6, 6.07) is 8.27. The second-order valence-electron chi connectivity index (χ2n) is 7.94. The fourth-order valence-electron chi connectivity index (χ4n) is 3.19. The van der Waals surface area contributed by atoms with E-state index in [9.17, 15) is 0 Å². The van der Waals surface area contributed by atoms with Gasteiger partial charge in [0.05, 0.1) is 13.2 Å². The second kappa shape index (κ2) is 9.81. The van der Waals surface area contributed by atoms with Crippen LogP contribution in [-0.2, 0) is 10.2 Å². The van der Waals surface area contributed by atoms with Gasteiger partial charge >= 0.3 is 0 Å².